The Labute approximate surface area is 122 Å². The highest BCUT2D eigenvalue weighted by Crippen LogP contribution is 2.22. The van der Waals surface area contributed by atoms with Crippen LogP contribution in [0, 0.1) is 0 Å². The maximum atomic E-state index is 10.2. The summed E-state index contributed by atoms with van der Waals surface area (Å²) in [4.78, 5) is 8.42. The van der Waals surface area contributed by atoms with Gasteiger partial charge in [0.2, 0.25) is 0 Å². The normalized spacial score (nSPS) is 12.2. The van der Waals surface area contributed by atoms with Crippen LogP contribution in [0.4, 0.5) is 11.5 Å². The summed E-state index contributed by atoms with van der Waals surface area (Å²) in [6.45, 7) is 0.375. The van der Waals surface area contributed by atoms with Gasteiger partial charge in [0.05, 0.1) is 11.6 Å². The molecular weight excluding hydrogens is 264 g/mol. The summed E-state index contributed by atoms with van der Waals surface area (Å²) in [5.74, 6) is 0.690. The first kappa shape index (κ1) is 13.3. The Kier molecular flexibility index (Phi) is 3.66. The van der Waals surface area contributed by atoms with Crippen LogP contribution in [-0.2, 0) is 0 Å². The van der Waals surface area contributed by atoms with Gasteiger partial charge in [-0.25, -0.2) is 9.97 Å². The Bertz CT molecular complexity index is 746. The third kappa shape index (κ3) is 2.93. The zero-order valence-corrected chi connectivity index (χ0v) is 11.4. The average molecular weight is 280 g/mol. The number of aromatic nitrogens is 2. The van der Waals surface area contributed by atoms with E-state index in [1.807, 2.05) is 42.5 Å². The quantitative estimate of drug-likeness (QED) is 0.639. The molecule has 2 aromatic carbocycles. The summed E-state index contributed by atoms with van der Waals surface area (Å²) in [6.07, 6.45) is 0.893. The van der Waals surface area contributed by atoms with E-state index in [2.05, 4.69) is 15.3 Å². The predicted molar refractivity (Wildman–Crippen MR) is 83.8 cm³/mol. The highest BCUT2D eigenvalue weighted by atomic mass is 16.3. The van der Waals surface area contributed by atoms with E-state index >= 15 is 0 Å². The van der Waals surface area contributed by atoms with Crippen molar-refractivity contribution in [3.63, 3.8) is 0 Å². The second-order valence-corrected chi connectivity index (χ2v) is 4.81. The van der Waals surface area contributed by atoms with Crippen molar-refractivity contribution in [1.82, 2.24) is 9.97 Å². The molecule has 1 unspecified atom stereocenters. The molecule has 0 aliphatic heterocycles. The van der Waals surface area contributed by atoms with Crippen LogP contribution in [0.15, 0.2) is 54.9 Å². The number of nitrogens with two attached hydrogens (primary N) is 1. The lowest BCUT2D eigenvalue weighted by atomic mass is 10.1. The molecule has 0 spiro atoms. The number of nitrogen functional groups attached to an aromatic ring is 1. The molecule has 106 valence electrons. The van der Waals surface area contributed by atoms with E-state index in [4.69, 9.17) is 5.73 Å². The summed E-state index contributed by atoms with van der Waals surface area (Å²) in [5, 5.41) is 14.2. The zero-order chi connectivity index (χ0) is 14.7. The number of hydrogen-bond donors (Lipinski definition) is 3. The van der Waals surface area contributed by atoms with Gasteiger partial charge in [0.25, 0.3) is 0 Å². The van der Waals surface area contributed by atoms with Gasteiger partial charge < -0.3 is 16.2 Å². The molecule has 0 aliphatic rings. The topological polar surface area (TPSA) is 84.1 Å². The van der Waals surface area contributed by atoms with E-state index in [0.717, 1.165) is 16.5 Å². The molecule has 3 rings (SSSR count). The highest BCUT2D eigenvalue weighted by Gasteiger charge is 2.09. The van der Waals surface area contributed by atoms with Crippen LogP contribution < -0.4 is 11.1 Å². The Hall–Kier alpha value is -2.66. The molecule has 3 aromatic rings. The Morgan fingerprint density at radius 2 is 1.90 bits per heavy atom. The first-order valence-electron chi connectivity index (χ1n) is 6.71. The molecule has 0 saturated carbocycles. The number of anilines is 2. The van der Waals surface area contributed by atoms with Gasteiger partial charge in [-0.15, -0.1) is 0 Å². The fraction of sp³-hybridized carbons (Fsp3) is 0.125. The largest absolute Gasteiger partial charge is 0.399 e. The van der Waals surface area contributed by atoms with Crippen molar-refractivity contribution in [2.75, 3.05) is 17.6 Å². The minimum Gasteiger partial charge on any atom is -0.399 e. The van der Waals surface area contributed by atoms with Gasteiger partial charge in [-0.2, -0.15) is 0 Å². The molecule has 1 heterocycles. The summed E-state index contributed by atoms with van der Waals surface area (Å²) >= 11 is 0. The second kappa shape index (κ2) is 5.76. The molecule has 5 heteroatoms. The van der Waals surface area contributed by atoms with Gasteiger partial charge in [-0.05, 0) is 23.8 Å². The number of hydrogen-bond acceptors (Lipinski definition) is 5. The van der Waals surface area contributed by atoms with Gasteiger partial charge in [0.1, 0.15) is 12.1 Å². The molecular formula is C16H16N4O. The van der Waals surface area contributed by atoms with Crippen LogP contribution in [0.3, 0.4) is 0 Å². The SMILES string of the molecule is Nc1ccc2c(NCC(O)c3ccccc3)ncnc2c1. The second-order valence-electron chi connectivity index (χ2n) is 4.81. The standard InChI is InChI=1S/C16H16N4O/c17-12-6-7-13-14(8-12)19-10-20-16(13)18-9-15(21)11-4-2-1-3-5-11/h1-8,10,15,21H,9,17H2,(H,18,19,20). The van der Waals surface area contributed by atoms with Crippen molar-refractivity contribution in [3.05, 3.63) is 60.4 Å². The van der Waals surface area contributed by atoms with Gasteiger partial charge in [0.15, 0.2) is 0 Å². The number of benzene rings is 2. The molecule has 0 aliphatic carbocycles. The molecule has 1 atom stereocenters. The molecule has 5 nitrogen and oxygen atoms in total. The van der Waals surface area contributed by atoms with Crippen LogP contribution in [-0.4, -0.2) is 21.6 Å². The maximum absolute atomic E-state index is 10.2. The van der Waals surface area contributed by atoms with Crippen LogP contribution >= 0.6 is 0 Å². The smallest absolute Gasteiger partial charge is 0.137 e. The lowest BCUT2D eigenvalue weighted by molar-refractivity contribution is 0.191. The van der Waals surface area contributed by atoms with Gasteiger partial charge in [-0.1, -0.05) is 30.3 Å². The number of rotatable bonds is 4. The molecule has 1 aromatic heterocycles. The average Bonchev–Trinajstić information content (AvgIpc) is 2.53. The molecule has 0 bridgehead atoms. The van der Waals surface area contributed by atoms with Crippen molar-refractivity contribution in [1.29, 1.82) is 0 Å². The van der Waals surface area contributed by atoms with E-state index in [1.165, 1.54) is 6.33 Å². The molecule has 0 fully saturated rings. The van der Waals surface area contributed by atoms with E-state index in [1.54, 1.807) is 6.07 Å². The number of nitrogens with one attached hydrogen (secondary N) is 1. The third-order valence-electron chi connectivity index (χ3n) is 3.31. The molecule has 4 N–H and O–H groups in total. The van der Waals surface area contributed by atoms with Crippen LogP contribution in [0.25, 0.3) is 10.9 Å². The zero-order valence-electron chi connectivity index (χ0n) is 11.4. The van der Waals surface area contributed by atoms with Crippen LogP contribution in [0.5, 0.6) is 0 Å². The van der Waals surface area contributed by atoms with E-state index in [9.17, 15) is 5.11 Å². The fourth-order valence-corrected chi connectivity index (χ4v) is 2.20. The lowest BCUT2D eigenvalue weighted by Crippen LogP contribution is -2.13. The molecule has 0 amide bonds. The predicted octanol–water partition coefficient (Wildman–Crippen LogP) is 2.36. The van der Waals surface area contributed by atoms with Gasteiger partial charge >= 0.3 is 0 Å². The van der Waals surface area contributed by atoms with E-state index < -0.39 is 6.10 Å². The Morgan fingerprint density at radius 1 is 1.10 bits per heavy atom. The van der Waals surface area contributed by atoms with E-state index in [0.29, 0.717) is 18.1 Å². The van der Waals surface area contributed by atoms with Crippen molar-refractivity contribution in [2.24, 2.45) is 0 Å². The number of aliphatic hydroxyl groups excluding tert-OH is 1. The molecule has 0 saturated heterocycles. The van der Waals surface area contributed by atoms with E-state index in [-0.39, 0.29) is 0 Å². The van der Waals surface area contributed by atoms with Gasteiger partial charge in [-0.3, -0.25) is 0 Å². The van der Waals surface area contributed by atoms with Crippen molar-refractivity contribution >= 4 is 22.4 Å². The van der Waals surface area contributed by atoms with Crippen molar-refractivity contribution in [2.45, 2.75) is 6.10 Å². The number of fused-ring (bicyclic) bond motifs is 1. The summed E-state index contributed by atoms with van der Waals surface area (Å²) in [6, 6.07) is 15.0. The minimum atomic E-state index is -0.593. The van der Waals surface area contributed by atoms with Crippen molar-refractivity contribution < 1.29 is 5.11 Å². The monoisotopic (exact) mass is 280 g/mol. The van der Waals surface area contributed by atoms with Crippen LogP contribution in [0.2, 0.25) is 0 Å². The molecule has 0 radical (unpaired) electrons. The first-order chi connectivity index (χ1) is 10.2. The summed E-state index contributed by atoms with van der Waals surface area (Å²) < 4.78 is 0. The van der Waals surface area contributed by atoms with Gasteiger partial charge in [0, 0.05) is 17.6 Å². The highest BCUT2D eigenvalue weighted by molar-refractivity contribution is 5.90. The summed E-state index contributed by atoms with van der Waals surface area (Å²) in [5.41, 5.74) is 8.06. The maximum Gasteiger partial charge on any atom is 0.137 e. The third-order valence-corrected chi connectivity index (χ3v) is 3.31. The number of nitrogens with zero attached hydrogens (tertiary/aromatic N) is 2. The fourth-order valence-electron chi connectivity index (χ4n) is 2.20. The van der Waals surface area contributed by atoms with Crippen LogP contribution in [0.1, 0.15) is 11.7 Å². The van der Waals surface area contributed by atoms with Crippen molar-refractivity contribution in [3.8, 4) is 0 Å². The number of aliphatic hydroxyl groups is 1. The summed E-state index contributed by atoms with van der Waals surface area (Å²) in [7, 11) is 0. The Balaban J connectivity index is 1.79. The minimum absolute atomic E-state index is 0.375. The Morgan fingerprint density at radius 3 is 2.71 bits per heavy atom. The lowest BCUT2D eigenvalue weighted by Gasteiger charge is -2.13. The molecule has 21 heavy (non-hydrogen) atoms. The first-order valence-corrected chi connectivity index (χ1v) is 6.71.